The summed E-state index contributed by atoms with van der Waals surface area (Å²) in [7, 11) is 0. The van der Waals surface area contributed by atoms with Gasteiger partial charge in [-0.15, -0.1) is 0 Å². The van der Waals surface area contributed by atoms with Gasteiger partial charge in [-0.05, 0) is 43.7 Å². The van der Waals surface area contributed by atoms with Crippen LogP contribution < -0.4 is 5.30 Å². The number of nitro groups is 1. The summed E-state index contributed by atoms with van der Waals surface area (Å²) in [6, 6.07) is 8.26. The Kier molecular flexibility index (Phi) is 5.69. The number of hydrogen-bond donors (Lipinski definition) is 0. The molecule has 0 bridgehead atoms. The molecule has 1 aromatic heterocycles. The average molecular weight is 444 g/mol. The lowest BCUT2D eigenvalue weighted by molar-refractivity contribution is -0.384. The lowest BCUT2D eigenvalue weighted by Gasteiger charge is -2.38. The summed E-state index contributed by atoms with van der Waals surface area (Å²) in [6.45, 7) is 4.03. The molecule has 11 heteroatoms. The standard InChI is InChI=1S/C19H21N6O3PS/c1-14-17-18(24(22-14)13-5-10-20)21-19(15-6-8-16(9-7-15)25(26)27)28-29(17,30)23-11-3-2-4-12-23/h6-9H,2-5,11-13H2,1H3/t29-/m1/s1. The fraction of sp³-hybridized carbons (Fsp3) is 0.421. The molecule has 1 saturated heterocycles. The smallest absolute Gasteiger partial charge is 0.269 e. The summed E-state index contributed by atoms with van der Waals surface area (Å²) < 4.78 is 10.4. The number of aryl methyl sites for hydroxylation is 2. The molecule has 2 aromatic rings. The van der Waals surface area contributed by atoms with Gasteiger partial charge in [0, 0.05) is 30.8 Å². The van der Waals surface area contributed by atoms with Gasteiger partial charge in [-0.25, -0.2) is 9.35 Å². The van der Waals surface area contributed by atoms with Crippen molar-refractivity contribution in [3.05, 3.63) is 45.6 Å². The monoisotopic (exact) mass is 444 g/mol. The van der Waals surface area contributed by atoms with Gasteiger partial charge >= 0.3 is 0 Å². The Labute approximate surface area is 179 Å². The van der Waals surface area contributed by atoms with Crippen molar-refractivity contribution in [2.24, 2.45) is 4.99 Å². The van der Waals surface area contributed by atoms with Gasteiger partial charge in [0.05, 0.1) is 29.7 Å². The van der Waals surface area contributed by atoms with Crippen LogP contribution in [0.1, 0.15) is 36.9 Å². The molecular weight excluding hydrogens is 423 g/mol. The minimum absolute atomic E-state index is 0.00113. The number of nitriles is 1. The Hall–Kier alpha value is -2.60. The molecule has 4 rings (SSSR count). The maximum atomic E-state index is 11.0. The van der Waals surface area contributed by atoms with E-state index in [1.54, 1.807) is 16.8 Å². The average Bonchev–Trinajstić information content (AvgIpc) is 3.09. The van der Waals surface area contributed by atoms with Crippen LogP contribution in [0, 0.1) is 28.4 Å². The van der Waals surface area contributed by atoms with E-state index in [-0.39, 0.29) is 5.69 Å². The van der Waals surface area contributed by atoms with Crippen LogP contribution in [0.15, 0.2) is 29.3 Å². The van der Waals surface area contributed by atoms with Crippen LogP contribution in [0.5, 0.6) is 0 Å². The van der Waals surface area contributed by atoms with Crippen molar-refractivity contribution < 1.29 is 9.45 Å². The van der Waals surface area contributed by atoms with E-state index in [1.807, 2.05) is 6.92 Å². The number of benzene rings is 1. The van der Waals surface area contributed by atoms with Crippen LogP contribution in [0.2, 0.25) is 0 Å². The molecule has 0 radical (unpaired) electrons. The highest BCUT2D eigenvalue weighted by atomic mass is 32.4. The summed E-state index contributed by atoms with van der Waals surface area (Å²) >= 11 is 6.19. The highest BCUT2D eigenvalue weighted by Gasteiger charge is 2.41. The van der Waals surface area contributed by atoms with Gasteiger partial charge in [0.2, 0.25) is 12.3 Å². The van der Waals surface area contributed by atoms with E-state index in [4.69, 9.17) is 26.6 Å². The number of hydrogen-bond acceptors (Lipinski definition) is 7. The molecule has 3 heterocycles. The van der Waals surface area contributed by atoms with E-state index >= 15 is 0 Å². The molecule has 0 N–H and O–H groups in total. The van der Waals surface area contributed by atoms with Gasteiger partial charge in [-0.2, -0.15) is 15.4 Å². The third-order valence-electron chi connectivity index (χ3n) is 5.24. The van der Waals surface area contributed by atoms with Crippen molar-refractivity contribution in [3.63, 3.8) is 0 Å². The SMILES string of the molecule is Cc1nn(CCC#N)c2c1[P@@](=S)(N1CCCCC1)OC(c1ccc([N+](=O)[O-])cc1)=N2. The van der Waals surface area contributed by atoms with Crippen molar-refractivity contribution in [2.75, 3.05) is 13.1 Å². The first-order valence-electron chi connectivity index (χ1n) is 9.77. The fourth-order valence-corrected chi connectivity index (χ4v) is 7.67. The summed E-state index contributed by atoms with van der Waals surface area (Å²) in [5.74, 6) is 0.987. The maximum absolute atomic E-state index is 11.0. The minimum atomic E-state index is -2.64. The second-order valence-corrected chi connectivity index (χ2v) is 11.0. The molecule has 156 valence electrons. The molecule has 9 nitrogen and oxygen atoms in total. The van der Waals surface area contributed by atoms with Gasteiger partial charge in [-0.1, -0.05) is 6.42 Å². The second kappa shape index (κ2) is 8.26. The lowest BCUT2D eigenvalue weighted by atomic mass is 10.2. The van der Waals surface area contributed by atoms with Crippen LogP contribution in [-0.4, -0.2) is 38.4 Å². The molecule has 0 unspecified atom stereocenters. The van der Waals surface area contributed by atoms with Gasteiger partial charge in [0.25, 0.3) is 5.69 Å². The quantitative estimate of drug-likeness (QED) is 0.394. The second-order valence-electron chi connectivity index (χ2n) is 7.24. The highest BCUT2D eigenvalue weighted by Crippen LogP contribution is 2.56. The topological polar surface area (TPSA) is 110 Å². The number of nitro benzene ring substituents is 1. The third kappa shape index (κ3) is 3.65. The van der Waals surface area contributed by atoms with Crippen molar-refractivity contribution >= 4 is 40.9 Å². The normalized spacial score (nSPS) is 21.3. The number of nitrogens with zero attached hydrogens (tertiary/aromatic N) is 6. The molecule has 0 amide bonds. The summed E-state index contributed by atoms with van der Waals surface area (Å²) in [5.41, 5.74) is 1.41. The maximum Gasteiger partial charge on any atom is 0.269 e. The van der Waals surface area contributed by atoms with Crippen LogP contribution in [-0.2, 0) is 22.9 Å². The van der Waals surface area contributed by atoms with E-state index < -0.39 is 11.3 Å². The third-order valence-corrected chi connectivity index (χ3v) is 9.35. The summed E-state index contributed by atoms with van der Waals surface area (Å²) in [5, 5.41) is 25.5. The van der Waals surface area contributed by atoms with Crippen molar-refractivity contribution in [1.29, 1.82) is 5.26 Å². The molecule has 30 heavy (non-hydrogen) atoms. The molecule has 1 fully saturated rings. The summed E-state index contributed by atoms with van der Waals surface area (Å²) in [4.78, 5) is 15.3. The first-order valence-corrected chi connectivity index (χ1v) is 12.4. The molecule has 0 aliphatic carbocycles. The molecule has 2 aliphatic rings. The fourth-order valence-electron chi connectivity index (χ4n) is 3.78. The van der Waals surface area contributed by atoms with Crippen LogP contribution >= 0.6 is 6.42 Å². The molecule has 1 aromatic carbocycles. The van der Waals surface area contributed by atoms with E-state index in [0.29, 0.717) is 30.2 Å². The summed E-state index contributed by atoms with van der Waals surface area (Å²) in [6.07, 6.45) is 0.950. The van der Waals surface area contributed by atoms with E-state index in [1.165, 1.54) is 18.6 Å². The van der Waals surface area contributed by atoms with Crippen molar-refractivity contribution in [3.8, 4) is 6.07 Å². The van der Waals surface area contributed by atoms with E-state index in [0.717, 1.165) is 36.9 Å². The zero-order chi connectivity index (χ0) is 21.3. The molecule has 2 aliphatic heterocycles. The number of piperidine rings is 1. The first kappa shape index (κ1) is 20.7. The predicted octanol–water partition coefficient (Wildman–Crippen LogP) is 3.54. The number of fused-ring (bicyclic) bond motifs is 1. The van der Waals surface area contributed by atoms with Crippen LogP contribution in [0.4, 0.5) is 11.5 Å². The molecule has 1 atom stereocenters. The van der Waals surface area contributed by atoms with E-state index in [9.17, 15) is 10.1 Å². The van der Waals surface area contributed by atoms with E-state index in [2.05, 4.69) is 15.8 Å². The largest absolute Gasteiger partial charge is 0.431 e. The zero-order valence-corrected chi connectivity index (χ0v) is 18.2. The van der Waals surface area contributed by atoms with Gasteiger partial charge < -0.3 is 4.52 Å². The lowest BCUT2D eigenvalue weighted by Crippen LogP contribution is -2.35. The van der Waals surface area contributed by atoms with Crippen molar-refractivity contribution in [1.82, 2.24) is 14.5 Å². The predicted molar refractivity (Wildman–Crippen MR) is 117 cm³/mol. The van der Waals surface area contributed by atoms with Crippen LogP contribution in [0.25, 0.3) is 0 Å². The Morgan fingerprint density at radius 1 is 1.30 bits per heavy atom. The number of aromatic nitrogens is 2. The minimum Gasteiger partial charge on any atom is -0.431 e. The van der Waals surface area contributed by atoms with Gasteiger partial charge in [0.15, 0.2) is 5.82 Å². The molecular formula is C19H21N6O3PS. The Balaban J connectivity index is 1.83. The zero-order valence-electron chi connectivity index (χ0n) is 16.5. The Morgan fingerprint density at radius 3 is 2.63 bits per heavy atom. The molecule has 0 spiro atoms. The number of non-ortho nitro benzene ring substituents is 1. The Morgan fingerprint density at radius 2 is 2.00 bits per heavy atom. The van der Waals surface area contributed by atoms with Gasteiger partial charge in [0.1, 0.15) is 5.30 Å². The Bertz CT molecular complexity index is 1100. The van der Waals surface area contributed by atoms with Crippen LogP contribution in [0.3, 0.4) is 0 Å². The van der Waals surface area contributed by atoms with Crippen molar-refractivity contribution in [2.45, 2.75) is 39.2 Å². The number of rotatable bonds is 5. The molecule has 0 saturated carbocycles. The highest BCUT2D eigenvalue weighted by molar-refractivity contribution is 8.15. The number of aliphatic imine (C=N–C) groups is 1. The van der Waals surface area contributed by atoms with Gasteiger partial charge in [-0.3, -0.25) is 10.1 Å². The first-order chi connectivity index (χ1) is 14.4.